The molecule has 0 aliphatic carbocycles. The standard InChI is InChI=1S/C30H26F4N2O5S/c1-39-26-14-13-20(16-23(26)31)17-25-28-27(21-10-5-6-12-24(21)35-28)22(29(36-25)41-42(37,38)30(32,33)34)11-7-15-40-18-19-8-3-2-4-9-19/h2-6,8-10,12-14,16,35H,7,11,15,17-18H2,1H3. The first-order chi connectivity index (χ1) is 20.1. The highest BCUT2D eigenvalue weighted by Gasteiger charge is 2.49. The van der Waals surface area contributed by atoms with Crippen molar-refractivity contribution in [3.8, 4) is 11.6 Å². The van der Waals surface area contributed by atoms with Gasteiger partial charge < -0.3 is 18.6 Å². The summed E-state index contributed by atoms with van der Waals surface area (Å²) >= 11 is 0. The molecule has 0 spiro atoms. The Balaban J connectivity index is 1.57. The van der Waals surface area contributed by atoms with E-state index in [1.807, 2.05) is 30.3 Å². The molecule has 0 unspecified atom stereocenters. The number of para-hydroxylation sites is 1. The van der Waals surface area contributed by atoms with Crippen LogP contribution in [0.25, 0.3) is 21.8 Å². The Morgan fingerprint density at radius 1 is 0.952 bits per heavy atom. The fraction of sp³-hybridized carbons (Fsp3) is 0.233. The minimum Gasteiger partial charge on any atom is -0.494 e. The molecule has 2 heterocycles. The van der Waals surface area contributed by atoms with E-state index >= 15 is 0 Å². The van der Waals surface area contributed by atoms with Crippen LogP contribution in [0.5, 0.6) is 11.6 Å². The summed E-state index contributed by atoms with van der Waals surface area (Å²) in [6.07, 6.45) is 0.419. The number of aryl methyl sites for hydroxylation is 1. The van der Waals surface area contributed by atoms with Crippen LogP contribution in [-0.2, 0) is 34.3 Å². The highest BCUT2D eigenvalue weighted by molar-refractivity contribution is 7.88. The summed E-state index contributed by atoms with van der Waals surface area (Å²) in [5.41, 5.74) is -2.77. The number of benzene rings is 3. The van der Waals surface area contributed by atoms with Gasteiger partial charge in [0.1, 0.15) is 0 Å². The van der Waals surface area contributed by atoms with E-state index in [0.29, 0.717) is 40.4 Å². The number of hydrogen-bond donors (Lipinski definition) is 1. The van der Waals surface area contributed by atoms with Crippen molar-refractivity contribution in [3.05, 3.63) is 101 Å². The number of ether oxygens (including phenoxy) is 2. The SMILES string of the molecule is COc1ccc(Cc2nc(OS(=O)(=O)C(F)(F)F)c(CCCOCc3ccccc3)c3c2[nH]c2ccccc23)cc1F. The van der Waals surface area contributed by atoms with Crippen molar-refractivity contribution < 1.29 is 39.6 Å². The number of nitrogens with zero attached hydrogens (tertiary/aromatic N) is 1. The molecule has 0 fully saturated rings. The van der Waals surface area contributed by atoms with Gasteiger partial charge in [-0.3, -0.25) is 0 Å². The molecule has 0 bridgehead atoms. The molecule has 0 amide bonds. The van der Waals surface area contributed by atoms with E-state index in [0.717, 1.165) is 5.56 Å². The van der Waals surface area contributed by atoms with E-state index in [2.05, 4.69) is 14.2 Å². The normalized spacial score (nSPS) is 12.2. The van der Waals surface area contributed by atoms with Crippen LogP contribution in [-0.4, -0.2) is 37.6 Å². The number of pyridine rings is 1. The number of methoxy groups -OCH3 is 1. The van der Waals surface area contributed by atoms with E-state index < -0.39 is 27.3 Å². The van der Waals surface area contributed by atoms with Gasteiger partial charge in [-0.25, -0.2) is 9.37 Å². The maximum Gasteiger partial charge on any atom is 0.534 e. The summed E-state index contributed by atoms with van der Waals surface area (Å²) < 4.78 is 94.4. The summed E-state index contributed by atoms with van der Waals surface area (Å²) in [6, 6.07) is 20.8. The van der Waals surface area contributed by atoms with Crippen LogP contribution in [0.1, 0.15) is 28.8 Å². The smallest absolute Gasteiger partial charge is 0.494 e. The largest absolute Gasteiger partial charge is 0.534 e. The molecule has 0 aliphatic rings. The van der Waals surface area contributed by atoms with Crippen LogP contribution in [0.15, 0.2) is 72.8 Å². The van der Waals surface area contributed by atoms with Crippen LogP contribution in [0.2, 0.25) is 0 Å². The maximum atomic E-state index is 14.4. The Bertz CT molecular complexity index is 1820. The topological polar surface area (TPSA) is 90.5 Å². The Labute approximate surface area is 239 Å². The highest BCUT2D eigenvalue weighted by atomic mass is 32.2. The molecule has 5 aromatic rings. The first-order valence-corrected chi connectivity index (χ1v) is 14.3. The zero-order valence-corrected chi connectivity index (χ0v) is 23.2. The zero-order chi connectivity index (χ0) is 29.9. The number of hydrogen-bond acceptors (Lipinski definition) is 6. The maximum absolute atomic E-state index is 14.4. The summed E-state index contributed by atoms with van der Waals surface area (Å²) in [4.78, 5) is 7.53. The number of H-pyrrole nitrogens is 1. The van der Waals surface area contributed by atoms with Gasteiger partial charge >= 0.3 is 15.6 Å². The van der Waals surface area contributed by atoms with Gasteiger partial charge in [0.15, 0.2) is 11.6 Å². The first kappa shape index (κ1) is 29.3. The van der Waals surface area contributed by atoms with Crippen molar-refractivity contribution in [2.75, 3.05) is 13.7 Å². The van der Waals surface area contributed by atoms with Crippen molar-refractivity contribution in [1.29, 1.82) is 0 Å². The van der Waals surface area contributed by atoms with Gasteiger partial charge in [0.2, 0.25) is 5.88 Å². The monoisotopic (exact) mass is 602 g/mol. The number of nitrogens with one attached hydrogen (secondary N) is 1. The molecule has 0 saturated carbocycles. The molecule has 0 saturated heterocycles. The molecule has 7 nitrogen and oxygen atoms in total. The van der Waals surface area contributed by atoms with E-state index in [1.54, 1.807) is 30.3 Å². The van der Waals surface area contributed by atoms with Gasteiger partial charge in [-0.15, -0.1) is 0 Å². The number of aromatic amines is 1. The van der Waals surface area contributed by atoms with Gasteiger partial charge in [-0.05, 0) is 42.2 Å². The van der Waals surface area contributed by atoms with Crippen LogP contribution in [0.4, 0.5) is 17.6 Å². The average Bonchev–Trinajstić information content (AvgIpc) is 3.34. The van der Waals surface area contributed by atoms with Gasteiger partial charge in [0.25, 0.3) is 0 Å². The molecule has 0 aliphatic heterocycles. The van der Waals surface area contributed by atoms with E-state index in [4.69, 9.17) is 9.47 Å². The number of alkyl halides is 3. The Hall–Kier alpha value is -4.16. The fourth-order valence-corrected chi connectivity index (χ4v) is 5.17. The van der Waals surface area contributed by atoms with Crippen LogP contribution >= 0.6 is 0 Å². The van der Waals surface area contributed by atoms with E-state index in [1.165, 1.54) is 19.2 Å². The molecule has 2 aromatic heterocycles. The second kappa shape index (κ2) is 12.0. The number of rotatable bonds is 11. The molecule has 0 atom stereocenters. The molecular weight excluding hydrogens is 576 g/mol. The quantitative estimate of drug-likeness (QED) is 0.0772. The molecule has 1 N–H and O–H groups in total. The minimum atomic E-state index is -6.04. The second-order valence-electron chi connectivity index (χ2n) is 9.53. The minimum absolute atomic E-state index is 0.0209. The Morgan fingerprint density at radius 3 is 2.40 bits per heavy atom. The number of halogens is 4. The first-order valence-electron chi connectivity index (χ1n) is 12.9. The van der Waals surface area contributed by atoms with Crippen LogP contribution < -0.4 is 8.92 Å². The highest BCUT2D eigenvalue weighted by Crippen LogP contribution is 2.38. The van der Waals surface area contributed by atoms with Crippen molar-refractivity contribution in [1.82, 2.24) is 9.97 Å². The molecule has 42 heavy (non-hydrogen) atoms. The summed E-state index contributed by atoms with van der Waals surface area (Å²) in [7, 11) is -4.71. The molecule has 12 heteroatoms. The summed E-state index contributed by atoms with van der Waals surface area (Å²) in [5.74, 6) is -1.30. The third-order valence-electron chi connectivity index (χ3n) is 6.68. The lowest BCUT2D eigenvalue weighted by Gasteiger charge is -2.16. The molecule has 5 rings (SSSR count). The molecule has 3 aromatic carbocycles. The van der Waals surface area contributed by atoms with Crippen molar-refractivity contribution in [2.24, 2.45) is 0 Å². The predicted octanol–water partition coefficient (Wildman–Crippen LogP) is 6.83. The lowest BCUT2D eigenvalue weighted by atomic mass is 10.0. The van der Waals surface area contributed by atoms with Crippen LogP contribution in [0.3, 0.4) is 0 Å². The van der Waals surface area contributed by atoms with Gasteiger partial charge in [0, 0.05) is 34.9 Å². The van der Waals surface area contributed by atoms with Crippen LogP contribution in [0, 0.1) is 5.82 Å². The van der Waals surface area contributed by atoms with Gasteiger partial charge in [-0.1, -0.05) is 54.6 Å². The fourth-order valence-electron chi connectivity index (χ4n) is 4.73. The van der Waals surface area contributed by atoms with E-state index in [-0.39, 0.29) is 36.5 Å². The van der Waals surface area contributed by atoms with Gasteiger partial charge in [-0.2, -0.15) is 21.6 Å². The third-order valence-corrected chi connectivity index (χ3v) is 7.62. The van der Waals surface area contributed by atoms with Gasteiger partial charge in [0.05, 0.1) is 24.9 Å². The second-order valence-corrected chi connectivity index (χ2v) is 11.1. The van der Waals surface area contributed by atoms with E-state index in [9.17, 15) is 26.0 Å². The Morgan fingerprint density at radius 2 is 1.69 bits per heavy atom. The number of aromatic nitrogens is 2. The lowest BCUT2D eigenvalue weighted by Crippen LogP contribution is -2.29. The van der Waals surface area contributed by atoms with Crippen molar-refractivity contribution in [3.63, 3.8) is 0 Å². The predicted molar refractivity (Wildman–Crippen MR) is 149 cm³/mol. The molecule has 220 valence electrons. The molecule has 0 radical (unpaired) electrons. The van der Waals surface area contributed by atoms with Crippen molar-refractivity contribution in [2.45, 2.75) is 31.4 Å². The molecular formula is C30H26F4N2O5S. The van der Waals surface area contributed by atoms with Crippen molar-refractivity contribution >= 4 is 31.9 Å². The zero-order valence-electron chi connectivity index (χ0n) is 22.4. The third kappa shape index (κ3) is 6.19. The average molecular weight is 603 g/mol. The Kier molecular flexibility index (Phi) is 8.37. The summed E-state index contributed by atoms with van der Waals surface area (Å²) in [5, 5.41) is 1.12. The number of fused-ring (bicyclic) bond motifs is 3. The lowest BCUT2D eigenvalue weighted by molar-refractivity contribution is -0.0501. The summed E-state index contributed by atoms with van der Waals surface area (Å²) in [6.45, 7) is 0.585.